The van der Waals surface area contributed by atoms with E-state index in [2.05, 4.69) is 63.5 Å². The number of rotatable bonds is 48. The predicted octanol–water partition coefficient (Wildman–Crippen LogP) is 0.159. The lowest BCUT2D eigenvalue weighted by Gasteiger charge is -2.30. The minimum atomic E-state index is -1.79. The number of nitrogens with one attached hydrogen (secondary N) is 12. The number of esters is 2. The highest BCUT2D eigenvalue weighted by atomic mass is 16.6. The number of H-pyrrole nitrogens is 1. The van der Waals surface area contributed by atoms with Crippen LogP contribution in [-0.2, 0) is 94.2 Å². The fraction of sp³-hybridized carbons (Fsp3) is 0.571. The van der Waals surface area contributed by atoms with Crippen LogP contribution in [0.5, 0.6) is 5.75 Å². The first-order chi connectivity index (χ1) is 57.0. The molecule has 5 rings (SSSR count). The van der Waals surface area contributed by atoms with Gasteiger partial charge in [0.05, 0.1) is 31.6 Å². The number of pyridine rings is 1. The summed E-state index contributed by atoms with van der Waals surface area (Å²) in [6.45, 7) is 17.9. The minimum Gasteiger partial charge on any atom is -0.508 e. The van der Waals surface area contributed by atoms with E-state index in [0.29, 0.717) is 85.6 Å². The number of fused-ring (bicyclic) bond motifs is 1. The van der Waals surface area contributed by atoms with Gasteiger partial charge in [0.15, 0.2) is 0 Å². The van der Waals surface area contributed by atoms with Crippen LogP contribution in [0, 0.1) is 12.8 Å². The Kier molecular flexibility index (Phi) is 40.3. The Morgan fingerprint density at radius 2 is 1.00 bits per heavy atom. The average molecular weight is 1690 g/mol. The molecule has 1 aromatic heterocycles. The van der Waals surface area contributed by atoms with Gasteiger partial charge in [-0.1, -0.05) is 68.8 Å². The number of benzene rings is 3. The van der Waals surface area contributed by atoms with E-state index in [1.165, 1.54) is 62.1 Å². The minimum absolute atomic E-state index is 0.0456. The first-order valence-electron chi connectivity index (χ1n) is 41.2. The molecule has 0 saturated carbocycles. The molecule has 1 saturated heterocycles. The molecule has 37 heteroatoms. The number of primary amides is 1. The summed E-state index contributed by atoms with van der Waals surface area (Å²) in [4.78, 5) is 228. The Bertz CT molecular complexity index is 4260. The highest BCUT2D eigenvalue weighted by Gasteiger charge is 2.41. The number of aromatic nitrogens is 1. The molecule has 4 aromatic rings. The molecule has 13 amide bonds. The summed E-state index contributed by atoms with van der Waals surface area (Å²) in [5, 5.41) is 40.1. The van der Waals surface area contributed by atoms with Crippen LogP contribution < -0.4 is 87.0 Å². The van der Waals surface area contributed by atoms with Crippen molar-refractivity contribution in [1.82, 2.24) is 68.0 Å². The molecule has 3 aromatic carbocycles. The zero-order chi connectivity index (χ0) is 90.0. The van der Waals surface area contributed by atoms with E-state index >= 15 is 0 Å². The molecular weight excluding hydrogens is 1570 g/mol. The van der Waals surface area contributed by atoms with Gasteiger partial charge in [-0.3, -0.25) is 81.6 Å². The van der Waals surface area contributed by atoms with Gasteiger partial charge in [0.1, 0.15) is 83.4 Å². The molecule has 37 nitrogen and oxygen atoms in total. The third kappa shape index (κ3) is 34.7. The van der Waals surface area contributed by atoms with Crippen molar-refractivity contribution in [3.63, 3.8) is 0 Å². The monoisotopic (exact) mass is 1690 g/mol. The lowest BCUT2D eigenvalue weighted by Crippen LogP contribution is -2.61. The number of nitrogens with two attached hydrogens (primary N) is 4. The second-order valence-electron chi connectivity index (χ2n) is 32.6. The number of nitrogens with zero attached hydrogens (tertiary/aromatic N) is 2. The summed E-state index contributed by atoms with van der Waals surface area (Å²) in [5.41, 5.74) is 22.7. The van der Waals surface area contributed by atoms with Crippen LogP contribution in [-0.4, -0.2) is 232 Å². The van der Waals surface area contributed by atoms with Gasteiger partial charge in [0.25, 0.3) is 0 Å². The number of carbonyl (C=O) groups excluding carboxylic acids is 15. The first kappa shape index (κ1) is 100. The van der Waals surface area contributed by atoms with Gasteiger partial charge in [-0.05, 0) is 206 Å². The van der Waals surface area contributed by atoms with Crippen LogP contribution >= 0.6 is 0 Å². The first-order valence-corrected chi connectivity index (χ1v) is 41.2. The van der Waals surface area contributed by atoms with Gasteiger partial charge in [-0.25, -0.2) is 0 Å². The van der Waals surface area contributed by atoms with E-state index < -0.39 is 204 Å². The van der Waals surface area contributed by atoms with Gasteiger partial charge < -0.3 is 106 Å². The topological polar surface area (TPSA) is 570 Å². The maximum absolute atomic E-state index is 14.9. The number of aromatic hydroxyl groups is 1. The third-order valence-electron chi connectivity index (χ3n) is 19.8. The van der Waals surface area contributed by atoms with Gasteiger partial charge in [-0.2, -0.15) is 0 Å². The van der Waals surface area contributed by atoms with Gasteiger partial charge in [-0.15, -0.1) is 0 Å². The molecule has 0 bridgehead atoms. The quantitative estimate of drug-likeness (QED) is 0.0207. The normalized spacial score (nSPS) is 15.5. The highest BCUT2D eigenvalue weighted by Crippen LogP contribution is 2.23. The average Bonchev–Trinajstić information content (AvgIpc) is 1.66. The lowest BCUT2D eigenvalue weighted by molar-refractivity contribution is -0.160. The van der Waals surface area contributed by atoms with Crippen LogP contribution in [0.15, 0.2) is 83.7 Å². The molecule has 0 spiro atoms. The molecule has 1 aliphatic rings. The van der Waals surface area contributed by atoms with Crippen molar-refractivity contribution in [2.24, 2.45) is 28.9 Å². The van der Waals surface area contributed by atoms with Crippen molar-refractivity contribution in [2.75, 3.05) is 51.1 Å². The van der Waals surface area contributed by atoms with Crippen LogP contribution in [0.4, 0.5) is 5.69 Å². The summed E-state index contributed by atoms with van der Waals surface area (Å²) >= 11 is 0. The molecule has 1 fully saturated rings. The number of hydrogen-bond donors (Lipinski definition) is 17. The highest BCUT2D eigenvalue weighted by molar-refractivity contribution is 6.02. The summed E-state index contributed by atoms with van der Waals surface area (Å²) in [7, 11) is 0. The van der Waals surface area contributed by atoms with Crippen molar-refractivity contribution in [2.45, 2.75) is 257 Å². The lowest BCUT2D eigenvalue weighted by atomic mass is 9.96. The maximum atomic E-state index is 14.9. The van der Waals surface area contributed by atoms with Crippen LogP contribution in [0.1, 0.15) is 176 Å². The molecular formula is C84H126N18O19. The summed E-state index contributed by atoms with van der Waals surface area (Å²) in [6, 6.07) is 5.42. The van der Waals surface area contributed by atoms with Crippen molar-refractivity contribution < 1.29 is 86.5 Å². The van der Waals surface area contributed by atoms with Crippen LogP contribution in [0.25, 0.3) is 10.9 Å². The Labute approximate surface area is 705 Å². The van der Waals surface area contributed by atoms with Crippen molar-refractivity contribution in [1.29, 1.82) is 0 Å². The third-order valence-corrected chi connectivity index (χ3v) is 19.8. The number of aromatic amines is 1. The van der Waals surface area contributed by atoms with E-state index in [4.69, 9.17) is 32.4 Å². The van der Waals surface area contributed by atoms with E-state index in [9.17, 15) is 81.8 Å². The number of aryl methyl sites for hydroxylation is 1. The molecule has 12 atom stereocenters. The Morgan fingerprint density at radius 1 is 0.529 bits per heavy atom. The Balaban J connectivity index is 1.33. The number of amides is 13. The van der Waals surface area contributed by atoms with E-state index in [1.807, 2.05) is 0 Å². The molecule has 121 heavy (non-hydrogen) atoms. The van der Waals surface area contributed by atoms with Crippen LogP contribution in [0.3, 0.4) is 0 Å². The maximum Gasteiger partial charge on any atom is 0.320 e. The zero-order valence-electron chi connectivity index (χ0n) is 71.5. The van der Waals surface area contributed by atoms with E-state index in [0.717, 1.165) is 4.90 Å². The largest absolute Gasteiger partial charge is 0.508 e. The Morgan fingerprint density at radius 3 is 1.52 bits per heavy atom. The second kappa shape index (κ2) is 48.7. The number of hydrogen-bond acceptors (Lipinski definition) is 23. The van der Waals surface area contributed by atoms with Crippen LogP contribution in [0.2, 0.25) is 0 Å². The number of likely N-dealkylation sites (tertiary alicyclic amines) is 1. The molecule has 21 N–H and O–H groups in total. The SMILES string of the molecule is CC[C@H](C)[C@H](NC(=O)[C@H](CC(=O)Nc1ccc2c(C)cc(=O)[nH]c2c1)NC(=O)CN(CC(=O)OC(C)(C)C)CC(=O)OC(C)(C)C)C(=O)N[C@@H](Cc1ccc(O)cc1)C(=O)N[C@@H](C)C(=O)N[C@@H](C)C(=O)N1CCC[C@H]1C(=O)N[C@@H](Cc1ccccc1)C(=O)N[C@@H](C)C(=O)N[C@@H](CCCCN)C(=O)N[C@@H](CCCCN)C(=O)N[C@@H](CCCCN)C(N)=O. The fourth-order valence-corrected chi connectivity index (χ4v) is 13.3. The number of ether oxygens (including phenoxy) is 2. The summed E-state index contributed by atoms with van der Waals surface area (Å²) in [6.07, 6.45) is 2.78. The number of anilines is 1. The molecule has 1 aliphatic heterocycles. The number of carbonyl (C=O) groups is 15. The number of unbranched alkanes of at least 4 members (excludes halogenated alkanes) is 3. The Hall–Kier alpha value is -11.4. The summed E-state index contributed by atoms with van der Waals surface area (Å²) in [5.74, 6) is -13.4. The van der Waals surface area contributed by atoms with E-state index in [-0.39, 0.29) is 69.5 Å². The fourth-order valence-electron chi connectivity index (χ4n) is 13.3. The molecule has 2 heterocycles. The zero-order valence-corrected chi connectivity index (χ0v) is 71.5. The number of phenolic OH excluding ortho intramolecular Hbond substituents is 1. The molecule has 666 valence electrons. The van der Waals surface area contributed by atoms with Crippen molar-refractivity contribution in [3.05, 3.63) is 106 Å². The van der Waals surface area contributed by atoms with Crippen molar-refractivity contribution in [3.8, 4) is 5.75 Å². The smallest absolute Gasteiger partial charge is 0.320 e. The van der Waals surface area contributed by atoms with Crippen molar-refractivity contribution >= 4 is 105 Å². The predicted molar refractivity (Wildman–Crippen MR) is 451 cm³/mol. The number of phenols is 1. The molecule has 0 unspecified atom stereocenters. The van der Waals surface area contributed by atoms with Gasteiger partial charge in [0, 0.05) is 36.5 Å². The summed E-state index contributed by atoms with van der Waals surface area (Å²) < 4.78 is 11.0. The van der Waals surface area contributed by atoms with Gasteiger partial charge in [0.2, 0.25) is 82.4 Å². The van der Waals surface area contributed by atoms with Gasteiger partial charge >= 0.3 is 11.9 Å². The second-order valence-corrected chi connectivity index (χ2v) is 32.6. The van der Waals surface area contributed by atoms with E-state index in [1.54, 1.807) is 105 Å². The standard InChI is InChI=1S/C84H126N18O19/c1-13-48(2)71(100-79(116)64(44-67(105)92-55-32-35-57-49(3)40-66(104)93-61(57)43-55)94-68(106)45-101(46-69(107)120-83(7,8)9)47-70(108)121-84(10,11)12)81(118)99-63(42-54-30-33-56(103)34-31-54)78(115)89-50(4)73(110)91-52(6)82(119)102-39-23-29-65(102)80(117)98-62(41-53-24-15-14-16-25-53)77(114)90-51(5)74(111)96-59(27-18-21-37-86)76(113)97-60(28-19-22-38-87)75(112)95-58(72(88)109)26-17-20-36-85/h14-16,24-25,30-35,40,43,48,50-52,58-60,62-65,71,103H,13,17-23,26-29,36-39,41-42,44-47,85-87H2,1-12H3,(H2,88,109)(H,89,115)(H,90,114)(H,91,110)(H,92,105)(H,93,104)(H,94,106)(H,95,112)(H,96,111)(H,97,113)(H,98,117)(H,99,118)(H,100,116)/t48-,50-,51-,52-,58-,59-,60-,62-,63-,64-,65-,71-/m0/s1. The molecule has 0 aliphatic carbocycles. The molecule has 0 radical (unpaired) electrons.